The summed E-state index contributed by atoms with van der Waals surface area (Å²) in [7, 11) is -3.57. The molecule has 0 aromatic heterocycles. The molecule has 0 spiro atoms. The summed E-state index contributed by atoms with van der Waals surface area (Å²) >= 11 is 0. The van der Waals surface area contributed by atoms with Crippen molar-refractivity contribution in [3.8, 4) is 0 Å². The number of hydrogen-bond acceptors (Lipinski definition) is 3. The van der Waals surface area contributed by atoms with Crippen LogP contribution in [0.3, 0.4) is 0 Å². The SMILES string of the molecule is CCCC[C@@H](C(=O)NCc1ccccc1)C(C)S(=O)(=O)c1ccc(C)cc1. The second kappa shape index (κ2) is 9.70. The van der Waals surface area contributed by atoms with Gasteiger partial charge in [-0.3, -0.25) is 4.79 Å². The molecule has 27 heavy (non-hydrogen) atoms. The number of carbonyl (C=O) groups excluding carboxylic acids is 1. The number of hydrogen-bond donors (Lipinski definition) is 1. The Morgan fingerprint density at radius 1 is 1.04 bits per heavy atom. The lowest BCUT2D eigenvalue weighted by atomic mass is 9.98. The van der Waals surface area contributed by atoms with Crippen LogP contribution in [-0.2, 0) is 21.2 Å². The molecule has 0 radical (unpaired) electrons. The van der Waals surface area contributed by atoms with E-state index in [0.29, 0.717) is 13.0 Å². The highest BCUT2D eigenvalue weighted by Gasteiger charge is 2.34. The second-order valence-corrected chi connectivity index (χ2v) is 9.32. The molecule has 146 valence electrons. The fourth-order valence-electron chi connectivity index (χ4n) is 3.08. The molecule has 1 unspecified atom stereocenters. The highest BCUT2D eigenvalue weighted by Crippen LogP contribution is 2.26. The maximum atomic E-state index is 13.0. The van der Waals surface area contributed by atoms with Crippen LogP contribution in [0.4, 0.5) is 0 Å². The van der Waals surface area contributed by atoms with Crippen LogP contribution in [0.5, 0.6) is 0 Å². The van der Waals surface area contributed by atoms with Gasteiger partial charge in [-0.2, -0.15) is 0 Å². The highest BCUT2D eigenvalue weighted by molar-refractivity contribution is 7.92. The van der Waals surface area contributed by atoms with Crippen LogP contribution in [0.1, 0.15) is 44.2 Å². The molecule has 0 saturated carbocycles. The Balaban J connectivity index is 2.17. The summed E-state index contributed by atoms with van der Waals surface area (Å²) in [6, 6.07) is 16.5. The number of unbranched alkanes of at least 4 members (excludes halogenated alkanes) is 1. The molecular weight excluding hydrogens is 358 g/mol. The summed E-state index contributed by atoms with van der Waals surface area (Å²) in [4.78, 5) is 13.1. The zero-order valence-electron chi connectivity index (χ0n) is 16.3. The van der Waals surface area contributed by atoms with Crippen molar-refractivity contribution in [3.05, 3.63) is 65.7 Å². The maximum absolute atomic E-state index is 13.0. The van der Waals surface area contributed by atoms with Crippen LogP contribution < -0.4 is 5.32 Å². The average molecular weight is 388 g/mol. The van der Waals surface area contributed by atoms with Gasteiger partial charge in [-0.1, -0.05) is 67.8 Å². The molecular formula is C22H29NO3S. The number of sulfone groups is 1. The van der Waals surface area contributed by atoms with E-state index in [9.17, 15) is 13.2 Å². The topological polar surface area (TPSA) is 63.2 Å². The van der Waals surface area contributed by atoms with Gasteiger partial charge in [-0.15, -0.1) is 0 Å². The van der Waals surface area contributed by atoms with Gasteiger partial charge >= 0.3 is 0 Å². The number of amides is 1. The van der Waals surface area contributed by atoms with Crippen molar-refractivity contribution in [2.45, 2.75) is 56.7 Å². The minimum atomic E-state index is -3.57. The summed E-state index contributed by atoms with van der Waals surface area (Å²) in [5.41, 5.74) is 2.00. The minimum absolute atomic E-state index is 0.199. The van der Waals surface area contributed by atoms with Gasteiger partial charge in [-0.25, -0.2) is 8.42 Å². The smallest absolute Gasteiger partial charge is 0.224 e. The van der Waals surface area contributed by atoms with Gasteiger partial charge < -0.3 is 5.32 Å². The lowest BCUT2D eigenvalue weighted by molar-refractivity contribution is -0.125. The third kappa shape index (κ3) is 5.67. The van der Waals surface area contributed by atoms with Crippen molar-refractivity contribution in [3.63, 3.8) is 0 Å². The fraction of sp³-hybridized carbons (Fsp3) is 0.409. The standard InChI is InChI=1S/C22H29NO3S/c1-4-5-11-21(22(24)23-16-19-9-7-6-8-10-19)18(3)27(25,26)20-14-12-17(2)13-15-20/h6-10,12-15,18,21H,4-5,11,16H2,1-3H3,(H,23,24)/t18?,21-/m1/s1. The molecule has 1 amide bonds. The highest BCUT2D eigenvalue weighted by atomic mass is 32.2. The van der Waals surface area contributed by atoms with Crippen LogP contribution in [0.2, 0.25) is 0 Å². The lowest BCUT2D eigenvalue weighted by Crippen LogP contribution is -2.39. The zero-order valence-corrected chi connectivity index (χ0v) is 17.1. The molecule has 5 heteroatoms. The third-order valence-corrected chi connectivity index (χ3v) is 7.16. The third-order valence-electron chi connectivity index (χ3n) is 4.92. The van der Waals surface area contributed by atoms with E-state index in [-0.39, 0.29) is 10.8 Å². The zero-order chi connectivity index (χ0) is 19.9. The molecule has 0 bridgehead atoms. The van der Waals surface area contributed by atoms with Crippen LogP contribution >= 0.6 is 0 Å². The van der Waals surface area contributed by atoms with Crippen molar-refractivity contribution in [1.29, 1.82) is 0 Å². The first-order valence-electron chi connectivity index (χ1n) is 9.48. The molecule has 0 aliphatic carbocycles. The predicted octanol–water partition coefficient (Wildman–Crippen LogP) is 4.28. The summed E-state index contributed by atoms with van der Waals surface area (Å²) in [6.45, 7) is 6.01. The van der Waals surface area contributed by atoms with Crippen molar-refractivity contribution >= 4 is 15.7 Å². The molecule has 2 atom stereocenters. The van der Waals surface area contributed by atoms with Gasteiger partial charge in [0, 0.05) is 6.54 Å². The lowest BCUT2D eigenvalue weighted by Gasteiger charge is -2.23. The molecule has 2 rings (SSSR count). The Kier molecular flexibility index (Phi) is 7.60. The molecule has 2 aromatic carbocycles. The molecule has 2 aromatic rings. The molecule has 0 aliphatic heterocycles. The Hall–Kier alpha value is -2.14. The molecule has 4 nitrogen and oxygen atoms in total. The van der Waals surface area contributed by atoms with Gasteiger partial charge in [0.25, 0.3) is 0 Å². The van der Waals surface area contributed by atoms with Crippen molar-refractivity contribution in [2.75, 3.05) is 0 Å². The Morgan fingerprint density at radius 3 is 2.26 bits per heavy atom. The first-order valence-corrected chi connectivity index (χ1v) is 11.0. The summed E-state index contributed by atoms with van der Waals surface area (Å²) in [6.07, 6.45) is 2.29. The van der Waals surface area contributed by atoms with Gasteiger partial charge in [0.05, 0.1) is 16.1 Å². The van der Waals surface area contributed by atoms with Gasteiger partial charge in [0.2, 0.25) is 5.91 Å². The molecule has 0 heterocycles. The fourth-order valence-corrected chi connectivity index (χ4v) is 4.71. The maximum Gasteiger partial charge on any atom is 0.224 e. The summed E-state index contributed by atoms with van der Waals surface area (Å²) in [5.74, 6) is -0.768. The Bertz CT molecular complexity index is 830. The Labute approximate surface area is 162 Å². The van der Waals surface area contributed by atoms with Crippen LogP contribution in [0.15, 0.2) is 59.5 Å². The predicted molar refractivity (Wildman–Crippen MR) is 109 cm³/mol. The normalized spacial score (nSPS) is 13.7. The molecule has 1 N–H and O–H groups in total. The second-order valence-electron chi connectivity index (χ2n) is 7.02. The van der Waals surface area contributed by atoms with Crippen LogP contribution in [-0.4, -0.2) is 19.6 Å². The first-order chi connectivity index (χ1) is 12.9. The van der Waals surface area contributed by atoms with Crippen molar-refractivity contribution in [2.24, 2.45) is 5.92 Å². The molecule has 0 fully saturated rings. The average Bonchev–Trinajstić information content (AvgIpc) is 2.67. The van der Waals surface area contributed by atoms with E-state index in [1.165, 1.54) is 0 Å². The van der Waals surface area contributed by atoms with Gasteiger partial charge in [-0.05, 0) is 38.0 Å². The van der Waals surface area contributed by atoms with E-state index >= 15 is 0 Å². The summed E-state index contributed by atoms with van der Waals surface area (Å²) < 4.78 is 26.1. The van der Waals surface area contributed by atoms with E-state index in [1.54, 1.807) is 31.2 Å². The van der Waals surface area contributed by atoms with E-state index in [0.717, 1.165) is 24.0 Å². The number of aryl methyl sites for hydroxylation is 1. The van der Waals surface area contributed by atoms with Gasteiger partial charge in [0.15, 0.2) is 9.84 Å². The molecule has 0 aliphatic rings. The minimum Gasteiger partial charge on any atom is -0.352 e. The number of rotatable bonds is 9. The van der Waals surface area contributed by atoms with Crippen molar-refractivity contribution < 1.29 is 13.2 Å². The van der Waals surface area contributed by atoms with Crippen molar-refractivity contribution in [1.82, 2.24) is 5.32 Å². The number of nitrogens with one attached hydrogen (secondary N) is 1. The van der Waals surface area contributed by atoms with E-state index in [2.05, 4.69) is 5.32 Å². The number of carbonyl (C=O) groups is 1. The van der Waals surface area contributed by atoms with Crippen LogP contribution in [0.25, 0.3) is 0 Å². The van der Waals surface area contributed by atoms with Gasteiger partial charge in [0.1, 0.15) is 0 Å². The van der Waals surface area contributed by atoms with E-state index < -0.39 is 21.0 Å². The Morgan fingerprint density at radius 2 is 1.67 bits per heavy atom. The monoisotopic (exact) mass is 387 g/mol. The van der Waals surface area contributed by atoms with E-state index in [1.807, 2.05) is 44.2 Å². The van der Waals surface area contributed by atoms with Crippen LogP contribution in [0, 0.1) is 12.8 Å². The number of benzene rings is 2. The van der Waals surface area contributed by atoms with E-state index in [4.69, 9.17) is 0 Å². The largest absolute Gasteiger partial charge is 0.352 e. The molecule has 0 saturated heterocycles. The summed E-state index contributed by atoms with van der Waals surface area (Å²) in [5, 5.41) is 2.14. The first kappa shape index (κ1) is 21.2. The quantitative estimate of drug-likeness (QED) is 0.698.